The van der Waals surface area contributed by atoms with Crippen molar-refractivity contribution in [2.45, 2.75) is 9.79 Å². The quantitative estimate of drug-likeness (QED) is 0.580. The second-order valence-electron chi connectivity index (χ2n) is 3.60. The van der Waals surface area contributed by atoms with Crippen molar-refractivity contribution in [1.82, 2.24) is 0 Å². The van der Waals surface area contributed by atoms with Crippen molar-refractivity contribution in [3.63, 3.8) is 0 Å². The van der Waals surface area contributed by atoms with E-state index in [0.717, 1.165) is 6.07 Å². The van der Waals surface area contributed by atoms with Gasteiger partial charge in [0, 0.05) is 10.3 Å². The van der Waals surface area contributed by atoms with Gasteiger partial charge in [0.2, 0.25) is 0 Å². The Balaban J connectivity index is 3.03. The number of thiol groups is 1. The third-order valence-corrected chi connectivity index (χ3v) is 3.86. The van der Waals surface area contributed by atoms with Gasteiger partial charge >= 0.3 is 5.97 Å². The minimum absolute atomic E-state index is 0.158. The molecule has 0 aliphatic rings. The number of benzene rings is 2. The van der Waals surface area contributed by atoms with E-state index in [1.807, 2.05) is 0 Å². The molecule has 2 aromatic carbocycles. The largest absolute Gasteiger partial charge is 0.478 e. The Hall–Kier alpha value is -1.57. The van der Waals surface area contributed by atoms with Gasteiger partial charge in [-0.25, -0.2) is 4.79 Å². The third-order valence-electron chi connectivity index (χ3n) is 2.49. The van der Waals surface area contributed by atoms with Crippen molar-refractivity contribution in [3.8, 4) is 0 Å². The summed E-state index contributed by atoms with van der Waals surface area (Å²) in [5, 5.41) is 9.58. The number of hydrogen-bond acceptors (Lipinski definition) is 4. The molecule has 2 rings (SSSR count). The molecule has 0 saturated carbocycles. The van der Waals surface area contributed by atoms with E-state index in [1.54, 1.807) is 18.2 Å². The van der Waals surface area contributed by atoms with Gasteiger partial charge in [-0.3, -0.25) is 4.55 Å². The van der Waals surface area contributed by atoms with Gasteiger partial charge in [0.15, 0.2) is 0 Å². The minimum Gasteiger partial charge on any atom is -0.478 e. The molecule has 7 heteroatoms. The first-order chi connectivity index (χ1) is 8.32. The average Bonchev–Trinajstić information content (AvgIpc) is 2.27. The summed E-state index contributed by atoms with van der Waals surface area (Å²) in [4.78, 5) is 10.7. The molecule has 0 heterocycles. The number of hydrogen-bond donors (Lipinski definition) is 3. The molecule has 0 amide bonds. The van der Waals surface area contributed by atoms with Gasteiger partial charge < -0.3 is 5.11 Å². The van der Waals surface area contributed by atoms with Crippen LogP contribution in [-0.2, 0) is 10.1 Å². The Morgan fingerprint density at radius 2 is 1.72 bits per heavy atom. The highest BCUT2D eigenvalue weighted by Crippen LogP contribution is 2.31. The lowest BCUT2D eigenvalue weighted by molar-refractivity contribution is 0.0693. The van der Waals surface area contributed by atoms with E-state index >= 15 is 0 Å². The molecule has 2 N–H and O–H groups in total. The van der Waals surface area contributed by atoms with Crippen molar-refractivity contribution >= 4 is 39.5 Å². The fraction of sp³-hybridized carbons (Fsp3) is 0. The van der Waals surface area contributed by atoms with Crippen LogP contribution in [0.4, 0.5) is 0 Å². The van der Waals surface area contributed by atoms with Gasteiger partial charge in [0.25, 0.3) is 10.1 Å². The molecule has 18 heavy (non-hydrogen) atoms. The van der Waals surface area contributed by atoms with Gasteiger partial charge in [-0.2, -0.15) is 8.42 Å². The van der Waals surface area contributed by atoms with E-state index in [9.17, 15) is 13.2 Å². The van der Waals surface area contributed by atoms with Crippen LogP contribution < -0.4 is 0 Å². The average molecular weight is 284 g/mol. The molecular weight excluding hydrogens is 276 g/mol. The lowest BCUT2D eigenvalue weighted by Crippen LogP contribution is -2.05. The van der Waals surface area contributed by atoms with Crippen molar-refractivity contribution < 1.29 is 22.9 Å². The summed E-state index contributed by atoms with van der Waals surface area (Å²) in [6.45, 7) is 0. The summed E-state index contributed by atoms with van der Waals surface area (Å²) in [6.07, 6.45) is 0. The van der Waals surface area contributed by atoms with Crippen LogP contribution in [0.2, 0.25) is 0 Å². The fourth-order valence-corrected chi connectivity index (χ4v) is 2.78. The second kappa shape index (κ2) is 4.27. The van der Waals surface area contributed by atoms with Crippen LogP contribution in [0.1, 0.15) is 10.4 Å². The number of aromatic carboxylic acids is 1. The summed E-state index contributed by atoms with van der Waals surface area (Å²) in [5.74, 6) is -1.31. The maximum atomic E-state index is 11.3. The van der Waals surface area contributed by atoms with E-state index < -0.39 is 21.0 Å². The molecule has 2 aromatic rings. The SMILES string of the molecule is O=C(O)c1cc(S(=O)(=O)O)c2ccccc2c1S. The van der Waals surface area contributed by atoms with Gasteiger partial charge in [0.05, 0.1) is 5.56 Å². The van der Waals surface area contributed by atoms with Crippen LogP contribution in [0.5, 0.6) is 0 Å². The number of carbonyl (C=O) groups is 1. The zero-order chi connectivity index (χ0) is 13.5. The number of fused-ring (bicyclic) bond motifs is 1. The summed E-state index contributed by atoms with van der Waals surface area (Å²) in [6, 6.07) is 7.14. The molecule has 0 radical (unpaired) electrons. The fourth-order valence-electron chi connectivity index (χ4n) is 1.70. The van der Waals surface area contributed by atoms with Gasteiger partial charge in [-0.15, -0.1) is 12.6 Å². The second-order valence-corrected chi connectivity index (χ2v) is 5.43. The number of rotatable bonds is 2. The van der Waals surface area contributed by atoms with E-state index in [2.05, 4.69) is 12.6 Å². The summed E-state index contributed by atoms with van der Waals surface area (Å²) in [5.41, 5.74) is -0.273. The molecule has 0 fully saturated rings. The van der Waals surface area contributed by atoms with Crippen LogP contribution >= 0.6 is 12.6 Å². The van der Waals surface area contributed by atoms with Gasteiger partial charge in [0.1, 0.15) is 4.90 Å². The van der Waals surface area contributed by atoms with Crippen LogP contribution in [-0.4, -0.2) is 24.0 Å². The van der Waals surface area contributed by atoms with E-state index in [1.165, 1.54) is 6.07 Å². The van der Waals surface area contributed by atoms with Gasteiger partial charge in [-0.05, 0) is 11.5 Å². The van der Waals surface area contributed by atoms with Crippen molar-refractivity contribution in [1.29, 1.82) is 0 Å². The maximum Gasteiger partial charge on any atom is 0.336 e. The van der Waals surface area contributed by atoms with E-state index in [-0.39, 0.29) is 15.8 Å². The Morgan fingerprint density at radius 1 is 1.17 bits per heavy atom. The smallest absolute Gasteiger partial charge is 0.336 e. The highest BCUT2D eigenvalue weighted by atomic mass is 32.2. The highest BCUT2D eigenvalue weighted by molar-refractivity contribution is 7.86. The van der Waals surface area contributed by atoms with Crippen LogP contribution in [0.3, 0.4) is 0 Å². The lowest BCUT2D eigenvalue weighted by Gasteiger charge is -2.09. The normalized spacial score (nSPS) is 11.7. The summed E-state index contributed by atoms with van der Waals surface area (Å²) < 4.78 is 31.7. The first-order valence-electron chi connectivity index (χ1n) is 4.78. The van der Waals surface area contributed by atoms with E-state index in [0.29, 0.717) is 5.39 Å². The predicted molar refractivity (Wildman–Crippen MR) is 68.0 cm³/mol. The summed E-state index contributed by atoms with van der Waals surface area (Å²) >= 11 is 4.09. The van der Waals surface area contributed by atoms with Crippen LogP contribution in [0.15, 0.2) is 40.1 Å². The molecule has 5 nitrogen and oxygen atoms in total. The Kier molecular flexibility index (Phi) is 3.05. The zero-order valence-electron chi connectivity index (χ0n) is 8.86. The molecule has 0 atom stereocenters. The minimum atomic E-state index is -4.50. The van der Waals surface area contributed by atoms with Crippen molar-refractivity contribution in [2.24, 2.45) is 0 Å². The highest BCUT2D eigenvalue weighted by Gasteiger charge is 2.20. The molecular formula is C11H8O5S2. The Labute approximate surface area is 108 Å². The predicted octanol–water partition coefficient (Wildman–Crippen LogP) is 2.07. The summed E-state index contributed by atoms with van der Waals surface area (Å²) in [7, 11) is -4.50. The molecule has 94 valence electrons. The molecule has 0 unspecified atom stereocenters. The number of carboxylic acid groups (broad SMARTS) is 1. The molecule has 0 aliphatic heterocycles. The first kappa shape index (κ1) is 12.9. The first-order valence-corrected chi connectivity index (χ1v) is 6.66. The monoisotopic (exact) mass is 284 g/mol. The zero-order valence-corrected chi connectivity index (χ0v) is 10.6. The standard InChI is InChI=1S/C11H8O5S2/c12-11(13)8-5-9(18(14,15)16)6-3-1-2-4-7(6)10(8)17/h1-5,17H,(H,12,13)(H,14,15,16). The molecule has 0 aliphatic carbocycles. The Bertz CT molecular complexity index is 749. The number of carboxylic acids is 1. The molecule has 0 bridgehead atoms. The molecule has 0 aromatic heterocycles. The van der Waals surface area contributed by atoms with Crippen LogP contribution in [0.25, 0.3) is 10.8 Å². The lowest BCUT2D eigenvalue weighted by atomic mass is 10.1. The molecule has 0 saturated heterocycles. The topological polar surface area (TPSA) is 91.7 Å². The third kappa shape index (κ3) is 2.07. The maximum absolute atomic E-state index is 11.3. The Morgan fingerprint density at radius 3 is 2.22 bits per heavy atom. The van der Waals surface area contributed by atoms with E-state index in [4.69, 9.17) is 9.66 Å². The van der Waals surface area contributed by atoms with Crippen molar-refractivity contribution in [3.05, 3.63) is 35.9 Å². The van der Waals surface area contributed by atoms with Crippen LogP contribution in [0, 0.1) is 0 Å². The van der Waals surface area contributed by atoms with Gasteiger partial charge in [-0.1, -0.05) is 24.3 Å². The van der Waals surface area contributed by atoms with Crippen molar-refractivity contribution in [2.75, 3.05) is 0 Å². The molecule has 0 spiro atoms.